The lowest BCUT2D eigenvalue weighted by molar-refractivity contribution is 1.08. The van der Waals surface area contributed by atoms with Crippen molar-refractivity contribution < 1.29 is 0 Å². The van der Waals surface area contributed by atoms with Crippen molar-refractivity contribution in [3.63, 3.8) is 0 Å². The minimum atomic E-state index is 0.663. The summed E-state index contributed by atoms with van der Waals surface area (Å²) >= 11 is 1.53. The number of imidazole rings is 1. The average molecular weight is 251 g/mol. The van der Waals surface area contributed by atoms with E-state index in [0.717, 1.165) is 21.1 Å². The van der Waals surface area contributed by atoms with E-state index >= 15 is 0 Å². The summed E-state index contributed by atoms with van der Waals surface area (Å²) in [6.45, 7) is 0. The second kappa shape index (κ2) is 4.55. The zero-order chi connectivity index (χ0) is 12.4. The van der Waals surface area contributed by atoms with Crippen molar-refractivity contribution >= 4 is 22.8 Å². The largest absolute Gasteiger partial charge is 0.333 e. The van der Waals surface area contributed by atoms with Crippen LogP contribution in [0.2, 0.25) is 0 Å². The van der Waals surface area contributed by atoms with E-state index in [1.54, 1.807) is 6.07 Å². The van der Waals surface area contributed by atoms with Crippen LogP contribution in [0.1, 0.15) is 5.56 Å². The van der Waals surface area contributed by atoms with E-state index in [1.165, 1.54) is 11.8 Å². The van der Waals surface area contributed by atoms with Crippen LogP contribution >= 0.6 is 11.8 Å². The van der Waals surface area contributed by atoms with Gasteiger partial charge in [0.1, 0.15) is 0 Å². The summed E-state index contributed by atoms with van der Waals surface area (Å²) < 4.78 is 0. The average Bonchev–Trinajstić information content (AvgIpc) is 2.81. The predicted octanol–water partition coefficient (Wildman–Crippen LogP) is 3.59. The highest BCUT2D eigenvalue weighted by Crippen LogP contribution is 2.27. The van der Waals surface area contributed by atoms with Gasteiger partial charge in [0.05, 0.1) is 22.7 Å². The molecule has 0 amide bonds. The Bertz CT molecular complexity index is 707. The van der Waals surface area contributed by atoms with Gasteiger partial charge in [-0.1, -0.05) is 30.0 Å². The summed E-state index contributed by atoms with van der Waals surface area (Å²) in [5.74, 6) is 0. The maximum absolute atomic E-state index is 8.86. The van der Waals surface area contributed by atoms with Crippen LogP contribution in [0.3, 0.4) is 0 Å². The first-order valence-electron chi connectivity index (χ1n) is 5.48. The number of nitrogens with one attached hydrogen (secondary N) is 1. The highest BCUT2D eigenvalue weighted by Gasteiger charge is 2.04. The van der Waals surface area contributed by atoms with Gasteiger partial charge in [0.25, 0.3) is 0 Å². The summed E-state index contributed by atoms with van der Waals surface area (Å²) in [5.41, 5.74) is 2.64. The number of hydrogen-bond donors (Lipinski definition) is 1. The lowest BCUT2D eigenvalue weighted by Crippen LogP contribution is -1.78. The molecule has 18 heavy (non-hydrogen) atoms. The Kier molecular flexibility index (Phi) is 2.75. The fourth-order valence-electron chi connectivity index (χ4n) is 1.72. The van der Waals surface area contributed by atoms with Gasteiger partial charge >= 0.3 is 0 Å². The summed E-state index contributed by atoms with van der Waals surface area (Å²) in [7, 11) is 0. The number of nitriles is 1. The van der Waals surface area contributed by atoms with Gasteiger partial charge in [-0.15, -0.1) is 0 Å². The summed E-state index contributed by atoms with van der Waals surface area (Å²) in [4.78, 5) is 8.75. The Labute approximate surface area is 108 Å². The molecular weight excluding hydrogens is 242 g/mol. The van der Waals surface area contributed by atoms with Crippen molar-refractivity contribution in [1.82, 2.24) is 9.97 Å². The van der Waals surface area contributed by atoms with E-state index < -0.39 is 0 Å². The van der Waals surface area contributed by atoms with Crippen LogP contribution < -0.4 is 0 Å². The Morgan fingerprint density at radius 1 is 1.11 bits per heavy atom. The molecule has 0 aliphatic rings. The number of aromatic nitrogens is 2. The van der Waals surface area contributed by atoms with Crippen molar-refractivity contribution in [3.05, 3.63) is 54.1 Å². The van der Waals surface area contributed by atoms with Crippen LogP contribution in [-0.2, 0) is 0 Å². The van der Waals surface area contributed by atoms with Crippen molar-refractivity contribution in [1.29, 1.82) is 5.26 Å². The molecule has 1 N–H and O–H groups in total. The lowest BCUT2D eigenvalue weighted by Gasteiger charge is -1.97. The molecule has 0 spiro atoms. The molecule has 0 radical (unpaired) electrons. The monoisotopic (exact) mass is 251 g/mol. The number of nitrogens with zero attached hydrogens (tertiary/aromatic N) is 2. The zero-order valence-electron chi connectivity index (χ0n) is 9.42. The molecule has 0 bridgehead atoms. The van der Waals surface area contributed by atoms with Gasteiger partial charge in [0, 0.05) is 4.90 Å². The standard InChI is InChI=1S/C14H9N3S/c15-9-10-4-3-5-11(8-10)18-14-16-12-6-1-2-7-13(12)17-14/h1-8H,(H,16,17). The normalized spacial score (nSPS) is 10.4. The van der Waals surface area contributed by atoms with E-state index in [2.05, 4.69) is 16.0 Å². The number of rotatable bonds is 2. The van der Waals surface area contributed by atoms with Gasteiger partial charge in [-0.3, -0.25) is 0 Å². The van der Waals surface area contributed by atoms with Crippen LogP contribution in [0.5, 0.6) is 0 Å². The molecule has 2 aromatic carbocycles. The molecule has 0 aliphatic heterocycles. The molecule has 0 atom stereocenters. The van der Waals surface area contributed by atoms with Gasteiger partial charge in [0.15, 0.2) is 5.16 Å². The fraction of sp³-hybridized carbons (Fsp3) is 0. The van der Waals surface area contributed by atoms with Crippen LogP contribution in [0.15, 0.2) is 58.6 Å². The fourth-order valence-corrected chi connectivity index (χ4v) is 2.58. The van der Waals surface area contributed by atoms with E-state index in [1.807, 2.05) is 42.5 Å². The molecule has 4 heteroatoms. The lowest BCUT2D eigenvalue weighted by atomic mass is 10.2. The SMILES string of the molecule is N#Cc1cccc(Sc2nc3ccccc3[nH]2)c1. The zero-order valence-corrected chi connectivity index (χ0v) is 10.2. The summed E-state index contributed by atoms with van der Waals surface area (Å²) in [6.07, 6.45) is 0. The third kappa shape index (κ3) is 2.08. The minimum absolute atomic E-state index is 0.663. The van der Waals surface area contributed by atoms with E-state index in [9.17, 15) is 0 Å². The van der Waals surface area contributed by atoms with Gasteiger partial charge < -0.3 is 4.98 Å². The second-order valence-electron chi connectivity index (χ2n) is 3.80. The summed E-state index contributed by atoms with van der Waals surface area (Å²) in [5, 5.41) is 9.70. The Morgan fingerprint density at radius 2 is 2.00 bits per heavy atom. The molecule has 1 aromatic heterocycles. The quantitative estimate of drug-likeness (QED) is 0.757. The van der Waals surface area contributed by atoms with E-state index in [-0.39, 0.29) is 0 Å². The van der Waals surface area contributed by atoms with Crippen molar-refractivity contribution in [3.8, 4) is 6.07 Å². The number of benzene rings is 2. The van der Waals surface area contributed by atoms with Crippen LogP contribution in [-0.4, -0.2) is 9.97 Å². The molecule has 0 fully saturated rings. The van der Waals surface area contributed by atoms with Crippen molar-refractivity contribution in [2.45, 2.75) is 10.1 Å². The second-order valence-corrected chi connectivity index (χ2v) is 4.86. The molecule has 0 aliphatic carbocycles. The van der Waals surface area contributed by atoms with Crippen LogP contribution in [0.4, 0.5) is 0 Å². The molecule has 0 saturated carbocycles. The summed E-state index contributed by atoms with van der Waals surface area (Å²) in [6, 6.07) is 17.6. The maximum atomic E-state index is 8.86. The first-order valence-corrected chi connectivity index (χ1v) is 6.29. The molecule has 3 nitrogen and oxygen atoms in total. The molecule has 1 heterocycles. The number of H-pyrrole nitrogens is 1. The minimum Gasteiger partial charge on any atom is -0.333 e. The van der Waals surface area contributed by atoms with Crippen LogP contribution in [0, 0.1) is 11.3 Å². The van der Waals surface area contributed by atoms with Gasteiger partial charge in [-0.2, -0.15) is 5.26 Å². The Hall–Kier alpha value is -2.25. The predicted molar refractivity (Wildman–Crippen MR) is 71.4 cm³/mol. The Morgan fingerprint density at radius 3 is 2.83 bits per heavy atom. The molecule has 86 valence electrons. The topological polar surface area (TPSA) is 52.5 Å². The number of hydrogen-bond acceptors (Lipinski definition) is 3. The first kappa shape index (κ1) is 10.9. The van der Waals surface area contributed by atoms with E-state index in [0.29, 0.717) is 5.56 Å². The highest BCUT2D eigenvalue weighted by atomic mass is 32.2. The first-order chi connectivity index (χ1) is 8.85. The number of para-hydroxylation sites is 2. The van der Waals surface area contributed by atoms with Crippen LogP contribution in [0.25, 0.3) is 11.0 Å². The molecule has 0 unspecified atom stereocenters. The van der Waals surface area contributed by atoms with Crippen molar-refractivity contribution in [2.75, 3.05) is 0 Å². The van der Waals surface area contributed by atoms with Gasteiger partial charge in [0.2, 0.25) is 0 Å². The third-order valence-corrected chi connectivity index (χ3v) is 3.42. The van der Waals surface area contributed by atoms with E-state index in [4.69, 9.17) is 5.26 Å². The number of aromatic amines is 1. The molecular formula is C14H9N3S. The smallest absolute Gasteiger partial charge is 0.171 e. The van der Waals surface area contributed by atoms with Crippen molar-refractivity contribution in [2.24, 2.45) is 0 Å². The molecule has 3 aromatic rings. The molecule has 3 rings (SSSR count). The third-order valence-electron chi connectivity index (χ3n) is 2.55. The molecule has 0 saturated heterocycles. The number of fused-ring (bicyclic) bond motifs is 1. The Balaban J connectivity index is 1.94. The van der Waals surface area contributed by atoms with Gasteiger partial charge in [-0.25, -0.2) is 4.98 Å². The maximum Gasteiger partial charge on any atom is 0.171 e. The highest BCUT2D eigenvalue weighted by molar-refractivity contribution is 7.99. The van der Waals surface area contributed by atoms with Gasteiger partial charge in [-0.05, 0) is 30.3 Å².